The Hall–Kier alpha value is -1.79. The number of aliphatic carboxylic acids is 2. The van der Waals surface area contributed by atoms with Crippen LogP contribution in [0.3, 0.4) is 0 Å². The Morgan fingerprint density at radius 3 is 2.29 bits per heavy atom. The van der Waals surface area contributed by atoms with Crippen LogP contribution in [0.2, 0.25) is 0 Å². The van der Waals surface area contributed by atoms with Gasteiger partial charge in [0.05, 0.1) is 0 Å². The lowest BCUT2D eigenvalue weighted by Gasteiger charge is -2.17. The summed E-state index contributed by atoms with van der Waals surface area (Å²) in [5.41, 5.74) is -0.236. The lowest BCUT2D eigenvalue weighted by Crippen LogP contribution is -2.49. The molecule has 7 heteroatoms. The molecule has 2 amide bonds. The van der Waals surface area contributed by atoms with E-state index >= 15 is 0 Å². The van der Waals surface area contributed by atoms with Crippen LogP contribution < -0.4 is 10.6 Å². The third-order valence-corrected chi connectivity index (χ3v) is 2.67. The summed E-state index contributed by atoms with van der Waals surface area (Å²) in [6, 6.07) is -1.74. The molecule has 1 aliphatic carbocycles. The third kappa shape index (κ3) is 4.71. The van der Waals surface area contributed by atoms with Crippen molar-refractivity contribution in [3.05, 3.63) is 0 Å². The highest BCUT2D eigenvalue weighted by Crippen LogP contribution is 2.33. The predicted molar refractivity (Wildman–Crippen MR) is 57.6 cm³/mol. The summed E-state index contributed by atoms with van der Waals surface area (Å²) in [7, 11) is 0. The molecule has 0 unspecified atom stereocenters. The van der Waals surface area contributed by atoms with Crippen molar-refractivity contribution >= 4 is 18.0 Å². The number of urea groups is 1. The standard InChI is InChI=1S/C10H16N2O5/c1-10(4-5-10)12-9(17)11-6(8(15)16)2-3-7(13)14/h6H,2-5H2,1H3,(H,13,14)(H,15,16)(H2,11,12,17)/t6-/m0/s1. The second-order valence-electron chi connectivity index (χ2n) is 4.48. The quantitative estimate of drug-likeness (QED) is 0.531. The molecule has 0 heterocycles. The van der Waals surface area contributed by atoms with Crippen LogP contribution in [-0.4, -0.2) is 39.8 Å². The van der Waals surface area contributed by atoms with E-state index in [9.17, 15) is 14.4 Å². The van der Waals surface area contributed by atoms with Crippen molar-refractivity contribution in [1.82, 2.24) is 10.6 Å². The molecule has 0 spiro atoms. The molecule has 0 aromatic heterocycles. The first-order valence-corrected chi connectivity index (χ1v) is 5.36. The van der Waals surface area contributed by atoms with Crippen LogP contribution in [0.5, 0.6) is 0 Å². The van der Waals surface area contributed by atoms with Crippen LogP contribution in [0, 0.1) is 0 Å². The zero-order valence-electron chi connectivity index (χ0n) is 9.52. The fourth-order valence-electron chi connectivity index (χ4n) is 1.31. The molecule has 7 nitrogen and oxygen atoms in total. The molecule has 0 saturated heterocycles. The van der Waals surface area contributed by atoms with Crippen molar-refractivity contribution in [3.63, 3.8) is 0 Å². The van der Waals surface area contributed by atoms with Gasteiger partial charge in [-0.3, -0.25) is 4.79 Å². The summed E-state index contributed by atoms with van der Waals surface area (Å²) in [5, 5.41) is 22.2. The molecule has 1 fully saturated rings. The number of carbonyl (C=O) groups is 3. The Labute approximate surface area is 98.2 Å². The van der Waals surface area contributed by atoms with E-state index in [1.807, 2.05) is 6.92 Å². The SMILES string of the molecule is CC1(NC(=O)N[C@@H](CCC(=O)O)C(=O)O)CC1. The smallest absolute Gasteiger partial charge is 0.326 e. The number of hydrogen-bond donors (Lipinski definition) is 4. The van der Waals surface area contributed by atoms with Crippen LogP contribution in [0.4, 0.5) is 4.79 Å². The molecule has 0 aromatic carbocycles. The number of carbonyl (C=O) groups excluding carboxylic acids is 1. The molecule has 17 heavy (non-hydrogen) atoms. The van der Waals surface area contributed by atoms with E-state index in [4.69, 9.17) is 10.2 Å². The van der Waals surface area contributed by atoms with Gasteiger partial charge in [-0.1, -0.05) is 0 Å². The van der Waals surface area contributed by atoms with E-state index in [1.54, 1.807) is 0 Å². The number of rotatable bonds is 6. The van der Waals surface area contributed by atoms with E-state index in [0.717, 1.165) is 12.8 Å². The van der Waals surface area contributed by atoms with Gasteiger partial charge in [0, 0.05) is 12.0 Å². The van der Waals surface area contributed by atoms with Gasteiger partial charge in [0.1, 0.15) is 6.04 Å². The fraction of sp³-hybridized carbons (Fsp3) is 0.700. The molecule has 1 aliphatic rings. The second-order valence-corrected chi connectivity index (χ2v) is 4.48. The number of carboxylic acids is 2. The maximum Gasteiger partial charge on any atom is 0.326 e. The molecule has 4 N–H and O–H groups in total. The van der Waals surface area contributed by atoms with Gasteiger partial charge in [0.25, 0.3) is 0 Å². The maximum absolute atomic E-state index is 11.4. The van der Waals surface area contributed by atoms with Crippen molar-refractivity contribution in [2.75, 3.05) is 0 Å². The summed E-state index contributed by atoms with van der Waals surface area (Å²) >= 11 is 0. The molecule has 0 aliphatic heterocycles. The van der Waals surface area contributed by atoms with Crippen LogP contribution in [0.15, 0.2) is 0 Å². The van der Waals surface area contributed by atoms with E-state index in [1.165, 1.54) is 0 Å². The average molecular weight is 244 g/mol. The summed E-state index contributed by atoms with van der Waals surface area (Å²) in [6.07, 6.45) is 1.31. The van der Waals surface area contributed by atoms with Crippen molar-refractivity contribution in [3.8, 4) is 0 Å². The molecular weight excluding hydrogens is 228 g/mol. The van der Waals surface area contributed by atoms with Gasteiger partial charge in [-0.25, -0.2) is 9.59 Å². The van der Waals surface area contributed by atoms with Gasteiger partial charge in [-0.15, -0.1) is 0 Å². The average Bonchev–Trinajstić information content (AvgIpc) is 2.89. The maximum atomic E-state index is 11.4. The Morgan fingerprint density at radius 1 is 1.29 bits per heavy atom. The first-order chi connectivity index (χ1) is 7.82. The second kappa shape index (κ2) is 5.03. The number of hydrogen-bond acceptors (Lipinski definition) is 3. The largest absolute Gasteiger partial charge is 0.481 e. The summed E-state index contributed by atoms with van der Waals surface area (Å²) in [5.74, 6) is -2.32. The van der Waals surface area contributed by atoms with Crippen molar-refractivity contribution < 1.29 is 24.6 Å². The van der Waals surface area contributed by atoms with Crippen molar-refractivity contribution in [2.24, 2.45) is 0 Å². The van der Waals surface area contributed by atoms with Crippen molar-refractivity contribution in [2.45, 2.75) is 44.2 Å². The van der Waals surface area contributed by atoms with Gasteiger partial charge >= 0.3 is 18.0 Å². The predicted octanol–water partition coefficient (Wildman–Crippen LogP) is 0.156. The summed E-state index contributed by atoms with van der Waals surface area (Å²) < 4.78 is 0. The Morgan fingerprint density at radius 2 is 1.88 bits per heavy atom. The monoisotopic (exact) mass is 244 g/mol. The van der Waals surface area contributed by atoms with Crippen LogP contribution in [-0.2, 0) is 9.59 Å². The van der Waals surface area contributed by atoms with E-state index < -0.39 is 24.0 Å². The topological polar surface area (TPSA) is 116 Å². The number of nitrogens with one attached hydrogen (secondary N) is 2. The zero-order chi connectivity index (χ0) is 13.1. The minimum atomic E-state index is -1.23. The highest BCUT2D eigenvalue weighted by atomic mass is 16.4. The van der Waals surface area contributed by atoms with E-state index in [2.05, 4.69) is 10.6 Å². The van der Waals surface area contributed by atoms with Crippen molar-refractivity contribution in [1.29, 1.82) is 0 Å². The molecule has 1 saturated carbocycles. The van der Waals surface area contributed by atoms with Gasteiger partial charge < -0.3 is 20.8 Å². The minimum Gasteiger partial charge on any atom is -0.481 e. The summed E-state index contributed by atoms with van der Waals surface area (Å²) in [4.78, 5) is 32.5. The normalized spacial score (nSPS) is 17.9. The Balaban J connectivity index is 2.39. The highest BCUT2D eigenvalue weighted by Gasteiger charge is 2.39. The zero-order valence-corrected chi connectivity index (χ0v) is 9.52. The molecule has 0 bridgehead atoms. The van der Waals surface area contributed by atoms with Crippen LogP contribution in [0.25, 0.3) is 0 Å². The minimum absolute atomic E-state index is 0.130. The summed E-state index contributed by atoms with van der Waals surface area (Å²) in [6.45, 7) is 1.86. The lowest BCUT2D eigenvalue weighted by molar-refractivity contribution is -0.140. The van der Waals surface area contributed by atoms with E-state index in [-0.39, 0.29) is 18.4 Å². The highest BCUT2D eigenvalue weighted by molar-refractivity contribution is 5.83. The first-order valence-electron chi connectivity index (χ1n) is 5.36. The molecule has 0 aromatic rings. The van der Waals surface area contributed by atoms with Gasteiger partial charge in [0.2, 0.25) is 0 Å². The number of amides is 2. The molecule has 1 atom stereocenters. The third-order valence-electron chi connectivity index (χ3n) is 2.67. The molecule has 0 radical (unpaired) electrons. The first kappa shape index (κ1) is 13.3. The van der Waals surface area contributed by atoms with Crippen LogP contribution >= 0.6 is 0 Å². The van der Waals surface area contributed by atoms with Gasteiger partial charge in [-0.05, 0) is 26.2 Å². The molecule has 96 valence electrons. The Kier molecular flexibility index (Phi) is 3.93. The lowest BCUT2D eigenvalue weighted by atomic mass is 10.1. The van der Waals surface area contributed by atoms with Gasteiger partial charge in [0.15, 0.2) is 0 Å². The number of carboxylic acid groups (broad SMARTS) is 2. The van der Waals surface area contributed by atoms with E-state index in [0.29, 0.717) is 0 Å². The van der Waals surface area contributed by atoms with Gasteiger partial charge in [-0.2, -0.15) is 0 Å². The Bertz CT molecular complexity index is 338. The molecular formula is C10H16N2O5. The van der Waals surface area contributed by atoms with Crippen LogP contribution in [0.1, 0.15) is 32.6 Å². The molecule has 1 rings (SSSR count). The fourth-order valence-corrected chi connectivity index (χ4v) is 1.31.